The fourth-order valence-electron chi connectivity index (χ4n) is 5.21. The van der Waals surface area contributed by atoms with E-state index in [9.17, 15) is 14.4 Å². The van der Waals surface area contributed by atoms with Crippen molar-refractivity contribution in [2.24, 2.45) is 5.92 Å². The molecule has 1 fully saturated rings. The molecule has 2 aliphatic heterocycles. The monoisotopic (exact) mass is 499 g/mol. The van der Waals surface area contributed by atoms with Crippen molar-refractivity contribution in [2.75, 3.05) is 28.6 Å². The predicted octanol–water partition coefficient (Wildman–Crippen LogP) is 4.42. The van der Waals surface area contributed by atoms with E-state index in [1.807, 2.05) is 30.3 Å². The highest BCUT2D eigenvalue weighted by atomic mass is 16.2. The molecule has 0 aliphatic carbocycles. The first-order valence-corrected chi connectivity index (χ1v) is 13.0. The normalized spacial score (nSPS) is 17.9. The first-order chi connectivity index (χ1) is 17.9. The summed E-state index contributed by atoms with van der Waals surface area (Å²) in [5.41, 5.74) is 2.95. The van der Waals surface area contributed by atoms with Gasteiger partial charge in [-0.05, 0) is 54.4 Å². The van der Waals surface area contributed by atoms with Crippen LogP contribution in [0, 0.1) is 5.92 Å². The Morgan fingerprint density at radius 3 is 2.43 bits per heavy atom. The Hall–Kier alpha value is -3.94. The molecular weight excluding hydrogens is 466 g/mol. The van der Waals surface area contributed by atoms with Crippen molar-refractivity contribution < 1.29 is 9.59 Å². The number of hydrogen-bond donors (Lipinski definition) is 3. The average molecular weight is 500 g/mol. The van der Waals surface area contributed by atoms with Crippen LogP contribution in [0.3, 0.4) is 0 Å². The molecule has 0 saturated carbocycles. The average Bonchev–Trinajstić information content (AvgIpc) is 2.89. The van der Waals surface area contributed by atoms with Crippen LogP contribution < -0.4 is 21.1 Å². The van der Waals surface area contributed by atoms with Gasteiger partial charge in [-0.2, -0.15) is 4.98 Å². The number of anilines is 3. The molecule has 37 heavy (non-hydrogen) atoms. The van der Waals surface area contributed by atoms with Gasteiger partial charge in [-0.15, -0.1) is 0 Å². The Balaban J connectivity index is 1.30. The largest absolute Gasteiger partial charge is 0.342 e. The number of aromatic amines is 1. The molecule has 8 heteroatoms. The van der Waals surface area contributed by atoms with Gasteiger partial charge < -0.3 is 15.5 Å². The summed E-state index contributed by atoms with van der Waals surface area (Å²) in [6.07, 6.45) is 2.92. The predicted molar refractivity (Wildman–Crippen MR) is 145 cm³/mol. The van der Waals surface area contributed by atoms with E-state index in [4.69, 9.17) is 0 Å². The number of aromatic nitrogens is 2. The molecule has 2 aliphatic rings. The molecule has 192 valence electrons. The molecule has 8 nitrogen and oxygen atoms in total. The van der Waals surface area contributed by atoms with Crippen LogP contribution in [-0.4, -0.2) is 34.9 Å². The molecule has 1 saturated heterocycles. The van der Waals surface area contributed by atoms with E-state index in [1.165, 1.54) is 5.56 Å². The summed E-state index contributed by atoms with van der Waals surface area (Å²) >= 11 is 0. The van der Waals surface area contributed by atoms with Gasteiger partial charge in [0.1, 0.15) is 5.82 Å². The highest BCUT2D eigenvalue weighted by Gasteiger charge is 2.35. The Bertz CT molecular complexity index is 1330. The number of carbonyl (C=O) groups is 2. The van der Waals surface area contributed by atoms with Crippen molar-refractivity contribution in [3.05, 3.63) is 81.6 Å². The number of nitrogens with zero attached hydrogens (tertiary/aromatic N) is 2. The minimum atomic E-state index is -0.907. The molecule has 3 heterocycles. The van der Waals surface area contributed by atoms with Crippen LogP contribution in [0.4, 0.5) is 17.5 Å². The summed E-state index contributed by atoms with van der Waals surface area (Å²) < 4.78 is 0. The third kappa shape index (κ3) is 5.58. The summed E-state index contributed by atoms with van der Waals surface area (Å²) in [4.78, 5) is 48.3. The lowest BCUT2D eigenvalue weighted by molar-refractivity contribution is -0.123. The van der Waals surface area contributed by atoms with Crippen LogP contribution in [-0.2, 0) is 16.0 Å². The van der Waals surface area contributed by atoms with E-state index in [2.05, 4.69) is 63.6 Å². The van der Waals surface area contributed by atoms with Crippen molar-refractivity contribution in [2.45, 2.75) is 51.4 Å². The van der Waals surface area contributed by atoms with Gasteiger partial charge in [0.2, 0.25) is 17.8 Å². The number of carbonyl (C=O) groups excluding carboxylic acids is 2. The molecule has 0 spiro atoms. The molecule has 0 radical (unpaired) electrons. The standard InChI is InChI=1S/C29H33N5O3/c1-18(2)21-8-10-22(11-9-21)30-27(36)23-17-24(35)31-26-25(23)28(37)33-29(32-26)34-14-12-20(13-15-34)16-19-6-4-3-5-7-19/h3-11,18,20,23H,12-17H2,1-2H3,(H,30,36)(H2,31,32,33,35,37). The minimum Gasteiger partial charge on any atom is -0.342 e. The lowest BCUT2D eigenvalue weighted by atomic mass is 9.90. The quantitative estimate of drug-likeness (QED) is 0.466. The zero-order chi connectivity index (χ0) is 25.9. The number of amides is 2. The van der Waals surface area contributed by atoms with Gasteiger partial charge in [0, 0.05) is 25.2 Å². The Morgan fingerprint density at radius 1 is 1.05 bits per heavy atom. The van der Waals surface area contributed by atoms with Crippen LogP contribution in [0.15, 0.2) is 59.4 Å². The van der Waals surface area contributed by atoms with Crippen LogP contribution >= 0.6 is 0 Å². The third-order valence-corrected chi connectivity index (χ3v) is 7.38. The van der Waals surface area contributed by atoms with Crippen molar-refractivity contribution in [1.29, 1.82) is 0 Å². The fourth-order valence-corrected chi connectivity index (χ4v) is 5.21. The highest BCUT2D eigenvalue weighted by Crippen LogP contribution is 2.31. The van der Waals surface area contributed by atoms with Gasteiger partial charge in [-0.25, -0.2) is 0 Å². The van der Waals surface area contributed by atoms with E-state index in [0.29, 0.717) is 23.5 Å². The van der Waals surface area contributed by atoms with E-state index in [-0.39, 0.29) is 29.3 Å². The number of rotatable bonds is 6. The van der Waals surface area contributed by atoms with Crippen molar-refractivity contribution >= 4 is 29.3 Å². The zero-order valence-corrected chi connectivity index (χ0v) is 21.3. The SMILES string of the molecule is CC(C)c1ccc(NC(=O)C2CC(=O)Nc3nc(N4CCC(Cc5ccccc5)CC4)[nH]c(=O)c32)cc1. The molecule has 1 aromatic heterocycles. The van der Waals surface area contributed by atoms with E-state index in [0.717, 1.165) is 37.9 Å². The first kappa shape index (κ1) is 24.7. The molecule has 3 N–H and O–H groups in total. The summed E-state index contributed by atoms with van der Waals surface area (Å²) in [5, 5.41) is 5.57. The van der Waals surface area contributed by atoms with E-state index < -0.39 is 11.8 Å². The summed E-state index contributed by atoms with van der Waals surface area (Å²) in [6, 6.07) is 18.1. The Kier molecular flexibility index (Phi) is 7.08. The van der Waals surface area contributed by atoms with Gasteiger partial charge in [0.15, 0.2) is 0 Å². The van der Waals surface area contributed by atoms with Crippen LogP contribution in [0.25, 0.3) is 0 Å². The maximum absolute atomic E-state index is 13.2. The van der Waals surface area contributed by atoms with Gasteiger partial charge in [0.05, 0.1) is 11.5 Å². The minimum absolute atomic E-state index is 0.0993. The molecular formula is C29H33N5O3. The Labute approximate surface area is 216 Å². The van der Waals surface area contributed by atoms with Gasteiger partial charge in [-0.1, -0.05) is 56.3 Å². The molecule has 2 amide bonds. The lowest BCUT2D eigenvalue weighted by Crippen LogP contribution is -2.40. The van der Waals surface area contributed by atoms with Gasteiger partial charge in [0.25, 0.3) is 5.56 Å². The van der Waals surface area contributed by atoms with Crippen molar-refractivity contribution in [1.82, 2.24) is 9.97 Å². The highest BCUT2D eigenvalue weighted by molar-refractivity contribution is 6.04. The fraction of sp³-hybridized carbons (Fsp3) is 0.379. The van der Waals surface area contributed by atoms with Crippen LogP contribution in [0.2, 0.25) is 0 Å². The summed E-state index contributed by atoms with van der Waals surface area (Å²) in [5.74, 6) is -0.0548. The summed E-state index contributed by atoms with van der Waals surface area (Å²) in [7, 11) is 0. The first-order valence-electron chi connectivity index (χ1n) is 13.0. The van der Waals surface area contributed by atoms with Crippen LogP contribution in [0.5, 0.6) is 0 Å². The molecule has 0 bridgehead atoms. The van der Waals surface area contributed by atoms with E-state index in [1.54, 1.807) is 0 Å². The number of nitrogens with one attached hydrogen (secondary N) is 3. The molecule has 1 atom stereocenters. The van der Waals surface area contributed by atoms with E-state index >= 15 is 0 Å². The molecule has 5 rings (SSSR count). The summed E-state index contributed by atoms with van der Waals surface area (Å²) in [6.45, 7) is 5.74. The second-order valence-corrected chi connectivity index (χ2v) is 10.3. The second kappa shape index (κ2) is 10.6. The number of benzene rings is 2. The number of fused-ring (bicyclic) bond motifs is 1. The van der Waals surface area contributed by atoms with Gasteiger partial charge >= 0.3 is 0 Å². The zero-order valence-electron chi connectivity index (χ0n) is 21.3. The number of hydrogen-bond acceptors (Lipinski definition) is 5. The molecule has 2 aromatic carbocycles. The second-order valence-electron chi connectivity index (χ2n) is 10.3. The van der Waals surface area contributed by atoms with Crippen molar-refractivity contribution in [3.8, 4) is 0 Å². The maximum Gasteiger partial charge on any atom is 0.258 e. The molecule has 1 unspecified atom stereocenters. The maximum atomic E-state index is 13.2. The number of H-pyrrole nitrogens is 1. The Morgan fingerprint density at radius 2 is 1.76 bits per heavy atom. The molecule has 3 aromatic rings. The van der Waals surface area contributed by atoms with Crippen LogP contribution in [0.1, 0.15) is 61.6 Å². The lowest BCUT2D eigenvalue weighted by Gasteiger charge is -2.33. The topological polar surface area (TPSA) is 107 Å². The van der Waals surface area contributed by atoms with Gasteiger partial charge in [-0.3, -0.25) is 19.4 Å². The third-order valence-electron chi connectivity index (χ3n) is 7.38. The van der Waals surface area contributed by atoms with Crippen molar-refractivity contribution in [3.63, 3.8) is 0 Å². The smallest absolute Gasteiger partial charge is 0.258 e. The number of piperidine rings is 1.